The first-order valence-corrected chi connectivity index (χ1v) is 11.7. The third kappa shape index (κ3) is 3.20. The second kappa shape index (κ2) is 7.80. The molecule has 2 aliphatic rings. The minimum absolute atomic E-state index is 0. The summed E-state index contributed by atoms with van der Waals surface area (Å²) in [5.74, 6) is 0. The summed E-state index contributed by atoms with van der Waals surface area (Å²) in [7, 11) is 0. The average Bonchev–Trinajstić information content (AvgIpc) is 3.14. The Morgan fingerprint density at radius 3 is 1.61 bits per heavy atom. The van der Waals surface area contributed by atoms with Crippen molar-refractivity contribution in [2.45, 2.75) is 7.25 Å². The van der Waals surface area contributed by atoms with Gasteiger partial charge in [-0.2, -0.15) is 0 Å². The molecule has 115 valence electrons. The molecule has 0 nitrogen and oxygen atoms in total. The average molecular weight is 419 g/mol. The van der Waals surface area contributed by atoms with E-state index < -0.39 is 21.8 Å². The molecular formula is C20H17Cl2Zr. The third-order valence-electron chi connectivity index (χ3n) is 4.55. The van der Waals surface area contributed by atoms with Crippen LogP contribution in [0.15, 0.2) is 71.0 Å². The van der Waals surface area contributed by atoms with Crippen molar-refractivity contribution in [1.29, 1.82) is 0 Å². The van der Waals surface area contributed by atoms with E-state index in [0.29, 0.717) is 7.25 Å². The van der Waals surface area contributed by atoms with Crippen LogP contribution in [0.1, 0.15) is 29.5 Å². The van der Waals surface area contributed by atoms with E-state index in [2.05, 4.69) is 83.2 Å². The van der Waals surface area contributed by atoms with Gasteiger partial charge >= 0.3 is 134 Å². The van der Waals surface area contributed by atoms with Crippen LogP contribution in [0.3, 0.4) is 0 Å². The minimum Gasteiger partial charge on any atom is -1.00 e. The quantitative estimate of drug-likeness (QED) is 0.617. The molecule has 2 unspecified atom stereocenters. The Hall–Kier alpha value is -0.877. The molecule has 0 radical (unpaired) electrons. The van der Waals surface area contributed by atoms with Gasteiger partial charge in [0, 0.05) is 0 Å². The summed E-state index contributed by atoms with van der Waals surface area (Å²) < 4.78 is 3.58. The maximum Gasteiger partial charge on any atom is -1.00 e. The molecule has 0 N–H and O–H groups in total. The van der Waals surface area contributed by atoms with Crippen molar-refractivity contribution < 1.29 is 46.6 Å². The van der Waals surface area contributed by atoms with Gasteiger partial charge in [-0.25, -0.2) is 0 Å². The summed E-state index contributed by atoms with van der Waals surface area (Å²) in [5, 5.41) is 0. The summed E-state index contributed by atoms with van der Waals surface area (Å²) >= 11 is -1.87. The Morgan fingerprint density at radius 2 is 1.17 bits per heavy atom. The molecule has 23 heavy (non-hydrogen) atoms. The van der Waals surface area contributed by atoms with Gasteiger partial charge in [-0.05, 0) is 0 Å². The minimum atomic E-state index is -1.87. The van der Waals surface area contributed by atoms with Crippen LogP contribution < -0.4 is 24.8 Å². The molecule has 0 amide bonds. The Balaban J connectivity index is 0.000000960. The molecule has 2 aromatic rings. The van der Waals surface area contributed by atoms with Gasteiger partial charge in [0.05, 0.1) is 0 Å². The largest absolute Gasteiger partial charge is 1.00 e. The zero-order valence-corrected chi connectivity index (χ0v) is 16.6. The normalized spacial score (nSPS) is 19.3. The molecular weight excluding hydrogens is 402 g/mol. The number of benzene rings is 2. The second-order valence-corrected chi connectivity index (χ2v) is 12.2. The van der Waals surface area contributed by atoms with Gasteiger partial charge in [-0.3, -0.25) is 0 Å². The number of rotatable bonds is 3. The molecule has 0 saturated carbocycles. The van der Waals surface area contributed by atoms with Gasteiger partial charge in [0.15, 0.2) is 0 Å². The first kappa shape index (κ1) is 18.5. The number of halogens is 2. The van der Waals surface area contributed by atoms with E-state index in [1.165, 1.54) is 22.3 Å². The Labute approximate surface area is 158 Å². The van der Waals surface area contributed by atoms with Crippen LogP contribution in [0.2, 0.25) is 0 Å². The van der Waals surface area contributed by atoms with E-state index in [9.17, 15) is 0 Å². The summed E-state index contributed by atoms with van der Waals surface area (Å²) in [4.78, 5) is 0. The van der Waals surface area contributed by atoms with E-state index >= 15 is 0 Å². The van der Waals surface area contributed by atoms with Gasteiger partial charge in [0.25, 0.3) is 0 Å². The molecule has 4 rings (SSSR count). The van der Waals surface area contributed by atoms with Crippen molar-refractivity contribution >= 4 is 12.2 Å². The van der Waals surface area contributed by atoms with Gasteiger partial charge in [-0.1, -0.05) is 0 Å². The Bertz CT molecular complexity index is 702. The zero-order chi connectivity index (χ0) is 14.2. The first-order chi connectivity index (χ1) is 10.4. The third-order valence-corrected chi connectivity index (χ3v) is 11.7. The molecule has 0 bridgehead atoms. The maximum absolute atomic E-state index is 4.22. The molecule has 0 aromatic heterocycles. The van der Waals surface area contributed by atoms with Crippen molar-refractivity contribution in [2.24, 2.45) is 0 Å². The number of hydrogen-bond acceptors (Lipinski definition) is 0. The van der Waals surface area contributed by atoms with Crippen molar-refractivity contribution in [2.75, 3.05) is 0 Å². The van der Waals surface area contributed by atoms with Crippen LogP contribution in [0.5, 0.6) is 0 Å². The van der Waals surface area contributed by atoms with Gasteiger partial charge in [0.2, 0.25) is 0 Å². The Morgan fingerprint density at radius 1 is 0.739 bits per heavy atom. The van der Waals surface area contributed by atoms with Crippen molar-refractivity contribution in [1.82, 2.24) is 0 Å². The molecule has 2 aliphatic carbocycles. The fourth-order valence-corrected chi connectivity index (χ4v) is 10.4. The number of allylic oxidation sites excluding steroid dienone is 2. The van der Waals surface area contributed by atoms with E-state index in [0.717, 1.165) is 0 Å². The summed E-state index contributed by atoms with van der Waals surface area (Å²) in [6.07, 6.45) is 9.45. The summed E-state index contributed by atoms with van der Waals surface area (Å²) in [5.41, 5.74) is 5.84. The number of fused-ring (bicyclic) bond motifs is 2. The SMILES string of the molecule is C=[CH][Zr+2]([CH]1C=Cc2ccccc21)[CH]1C=Cc2ccccc21.[Cl-].[Cl-]. The van der Waals surface area contributed by atoms with Gasteiger partial charge in [-0.15, -0.1) is 0 Å². The number of hydrogen-bond donors (Lipinski definition) is 0. The molecule has 2 atom stereocenters. The maximum atomic E-state index is 4.22. The van der Waals surface area contributed by atoms with Gasteiger partial charge < -0.3 is 24.8 Å². The summed E-state index contributed by atoms with van der Waals surface area (Å²) in [6, 6.07) is 17.7. The van der Waals surface area contributed by atoms with E-state index in [-0.39, 0.29) is 24.8 Å². The van der Waals surface area contributed by atoms with Crippen molar-refractivity contribution in [3.05, 3.63) is 93.3 Å². The van der Waals surface area contributed by atoms with Crippen LogP contribution in [0, 0.1) is 0 Å². The van der Waals surface area contributed by atoms with Gasteiger partial charge in [0.1, 0.15) is 0 Å². The van der Waals surface area contributed by atoms with Crippen molar-refractivity contribution in [3.8, 4) is 0 Å². The molecule has 0 fully saturated rings. The molecule has 0 aliphatic heterocycles. The van der Waals surface area contributed by atoms with E-state index in [1.54, 1.807) is 0 Å². The smallest absolute Gasteiger partial charge is 1.00 e. The molecule has 0 spiro atoms. The zero-order valence-electron chi connectivity index (χ0n) is 12.6. The van der Waals surface area contributed by atoms with Crippen LogP contribution >= 0.6 is 0 Å². The van der Waals surface area contributed by atoms with Crippen molar-refractivity contribution in [3.63, 3.8) is 0 Å². The second-order valence-electron chi connectivity index (χ2n) is 5.64. The first-order valence-electron chi connectivity index (χ1n) is 7.42. The molecule has 0 heterocycles. The topological polar surface area (TPSA) is 0 Å². The molecule has 2 aromatic carbocycles. The standard InChI is InChI=1S/2C9H7.C2H3.2ClH.Zr/c2*1-2-5-9-7-3-6-8(9)4-1;1-2;;;/h2*1-7H;1H,2H2;2*1H;/q;;;;;+2/p-2. The van der Waals surface area contributed by atoms with E-state index in [4.69, 9.17) is 0 Å². The fourth-order valence-electron chi connectivity index (χ4n) is 3.53. The monoisotopic (exact) mass is 417 g/mol. The van der Waals surface area contributed by atoms with E-state index in [1.807, 2.05) is 0 Å². The van der Waals surface area contributed by atoms with Crippen LogP contribution in [-0.2, 0) is 21.8 Å². The molecule has 3 heteroatoms. The van der Waals surface area contributed by atoms with Crippen LogP contribution in [0.25, 0.3) is 12.2 Å². The fraction of sp³-hybridized carbons (Fsp3) is 0.100. The Kier molecular flexibility index (Phi) is 6.26. The summed E-state index contributed by atoms with van der Waals surface area (Å²) in [6.45, 7) is 4.22. The van der Waals surface area contributed by atoms with Crippen LogP contribution in [0.4, 0.5) is 0 Å². The van der Waals surface area contributed by atoms with Crippen LogP contribution in [-0.4, -0.2) is 0 Å². The molecule has 0 saturated heterocycles. The predicted molar refractivity (Wildman–Crippen MR) is 86.6 cm³/mol. The predicted octanol–water partition coefficient (Wildman–Crippen LogP) is -0.708.